The fraction of sp³-hybridized carbons (Fsp3) is 0.750. The number of hydrogen-bond donors (Lipinski definition) is 0. The second-order valence-corrected chi connectivity index (χ2v) is 3.77. The molecule has 0 saturated heterocycles. The number of ether oxygens (including phenoxy) is 1. The van der Waals surface area contributed by atoms with Gasteiger partial charge in [-0.2, -0.15) is 0 Å². The van der Waals surface area contributed by atoms with E-state index in [1.807, 2.05) is 6.92 Å². The minimum absolute atomic E-state index is 0.503. The van der Waals surface area contributed by atoms with Crippen LogP contribution in [0.4, 0.5) is 0 Å². The van der Waals surface area contributed by atoms with Crippen LogP contribution in [0, 0.1) is 5.92 Å². The van der Waals surface area contributed by atoms with Gasteiger partial charge in [-0.05, 0) is 32.6 Å². The molecule has 0 bridgehead atoms. The second kappa shape index (κ2) is 8.95. The zero-order chi connectivity index (χ0) is 10.8. The fourth-order valence-corrected chi connectivity index (χ4v) is 1.22. The highest BCUT2D eigenvalue weighted by atomic mass is 16.5. The van der Waals surface area contributed by atoms with Crippen molar-refractivity contribution in [2.24, 2.45) is 5.92 Å². The summed E-state index contributed by atoms with van der Waals surface area (Å²) in [6.07, 6.45) is 6.02. The Bertz CT molecular complexity index is 173. The smallest absolute Gasteiger partial charge is 0.120 e. The zero-order valence-corrected chi connectivity index (χ0v) is 9.58. The van der Waals surface area contributed by atoms with E-state index in [1.165, 1.54) is 5.57 Å². The first-order valence-corrected chi connectivity index (χ1v) is 5.37. The highest BCUT2D eigenvalue weighted by Gasteiger charge is 1.99. The van der Waals surface area contributed by atoms with Crippen LogP contribution in [-0.4, -0.2) is 19.5 Å². The number of hydrogen-bond acceptors (Lipinski definition) is 2. The minimum Gasteiger partial charge on any atom is -0.377 e. The molecule has 0 aliphatic heterocycles. The molecule has 2 nitrogen and oxygen atoms in total. The highest BCUT2D eigenvalue weighted by molar-refractivity contribution is 5.49. The van der Waals surface area contributed by atoms with E-state index in [0.29, 0.717) is 12.3 Å². The molecule has 2 heteroatoms. The molecule has 0 aliphatic rings. The first kappa shape index (κ1) is 13.4. The molecule has 0 aromatic carbocycles. The topological polar surface area (TPSA) is 26.3 Å². The van der Waals surface area contributed by atoms with Gasteiger partial charge in [-0.3, -0.25) is 0 Å². The average Bonchev–Trinajstić information content (AvgIpc) is 2.15. The molecule has 0 rings (SSSR count). The number of aldehydes is 1. The fourth-order valence-electron chi connectivity index (χ4n) is 1.22. The standard InChI is InChI=1S/C12H22O2/c1-4-14-10-12(3)7-5-6-11(2)8-9-13/h7,9,11H,4-6,8,10H2,1-3H3/b12-7-. The molecule has 1 unspecified atom stereocenters. The molecular formula is C12H22O2. The Morgan fingerprint density at radius 3 is 2.79 bits per heavy atom. The summed E-state index contributed by atoms with van der Waals surface area (Å²) in [5.74, 6) is 0.503. The van der Waals surface area contributed by atoms with Gasteiger partial charge in [-0.1, -0.05) is 18.6 Å². The average molecular weight is 198 g/mol. The van der Waals surface area contributed by atoms with E-state index in [1.54, 1.807) is 0 Å². The largest absolute Gasteiger partial charge is 0.377 e. The Hall–Kier alpha value is -0.630. The molecule has 0 aromatic heterocycles. The molecule has 0 radical (unpaired) electrons. The van der Waals surface area contributed by atoms with Crippen LogP contribution in [-0.2, 0) is 9.53 Å². The molecule has 0 saturated carbocycles. The summed E-state index contributed by atoms with van der Waals surface area (Å²) in [5, 5.41) is 0. The van der Waals surface area contributed by atoms with E-state index in [2.05, 4.69) is 19.9 Å². The maximum atomic E-state index is 10.2. The van der Waals surface area contributed by atoms with Crippen LogP contribution in [0.3, 0.4) is 0 Å². The van der Waals surface area contributed by atoms with Gasteiger partial charge in [0.1, 0.15) is 6.29 Å². The summed E-state index contributed by atoms with van der Waals surface area (Å²) in [6.45, 7) is 7.70. The van der Waals surface area contributed by atoms with Crippen molar-refractivity contribution in [1.82, 2.24) is 0 Å². The SMILES string of the molecule is CCOC/C(C)=C\CCC(C)CC=O. The van der Waals surface area contributed by atoms with Crippen molar-refractivity contribution in [1.29, 1.82) is 0 Å². The summed E-state index contributed by atoms with van der Waals surface area (Å²) < 4.78 is 5.28. The summed E-state index contributed by atoms with van der Waals surface area (Å²) in [7, 11) is 0. The van der Waals surface area contributed by atoms with Gasteiger partial charge in [0, 0.05) is 13.0 Å². The minimum atomic E-state index is 0.503. The molecule has 0 N–H and O–H groups in total. The Labute approximate surface area is 87.3 Å². The number of carbonyl (C=O) groups is 1. The van der Waals surface area contributed by atoms with Crippen molar-refractivity contribution < 1.29 is 9.53 Å². The van der Waals surface area contributed by atoms with Gasteiger partial charge in [0.25, 0.3) is 0 Å². The summed E-state index contributed by atoms with van der Waals surface area (Å²) in [4.78, 5) is 10.2. The zero-order valence-electron chi connectivity index (χ0n) is 9.58. The molecule has 14 heavy (non-hydrogen) atoms. The van der Waals surface area contributed by atoms with E-state index in [9.17, 15) is 4.79 Å². The summed E-state index contributed by atoms with van der Waals surface area (Å²) >= 11 is 0. The van der Waals surface area contributed by atoms with E-state index in [0.717, 1.165) is 32.3 Å². The third kappa shape index (κ3) is 7.99. The second-order valence-electron chi connectivity index (χ2n) is 3.77. The van der Waals surface area contributed by atoms with Crippen LogP contribution in [0.15, 0.2) is 11.6 Å². The van der Waals surface area contributed by atoms with Gasteiger partial charge in [-0.25, -0.2) is 0 Å². The lowest BCUT2D eigenvalue weighted by molar-refractivity contribution is -0.108. The Balaban J connectivity index is 3.53. The van der Waals surface area contributed by atoms with E-state index >= 15 is 0 Å². The van der Waals surface area contributed by atoms with Gasteiger partial charge in [0.05, 0.1) is 6.61 Å². The lowest BCUT2D eigenvalue weighted by atomic mass is 10.0. The predicted molar refractivity (Wildman–Crippen MR) is 59.3 cm³/mol. The Morgan fingerprint density at radius 2 is 2.21 bits per heavy atom. The van der Waals surface area contributed by atoms with Gasteiger partial charge >= 0.3 is 0 Å². The monoisotopic (exact) mass is 198 g/mol. The molecule has 0 amide bonds. The van der Waals surface area contributed by atoms with Crippen molar-refractivity contribution in [2.75, 3.05) is 13.2 Å². The number of carbonyl (C=O) groups excluding carboxylic acids is 1. The lowest BCUT2D eigenvalue weighted by Gasteiger charge is -2.05. The Morgan fingerprint density at radius 1 is 1.50 bits per heavy atom. The maximum Gasteiger partial charge on any atom is 0.120 e. The van der Waals surface area contributed by atoms with E-state index < -0.39 is 0 Å². The molecule has 0 aromatic rings. The van der Waals surface area contributed by atoms with Crippen LogP contribution in [0.25, 0.3) is 0 Å². The quantitative estimate of drug-likeness (QED) is 0.443. The van der Waals surface area contributed by atoms with Crippen LogP contribution in [0.2, 0.25) is 0 Å². The van der Waals surface area contributed by atoms with Crippen molar-refractivity contribution in [3.05, 3.63) is 11.6 Å². The van der Waals surface area contributed by atoms with Gasteiger partial charge < -0.3 is 9.53 Å². The highest BCUT2D eigenvalue weighted by Crippen LogP contribution is 2.10. The molecule has 0 heterocycles. The molecule has 0 spiro atoms. The normalized spacial score (nSPS) is 14.1. The van der Waals surface area contributed by atoms with E-state index in [-0.39, 0.29) is 0 Å². The summed E-state index contributed by atoms with van der Waals surface area (Å²) in [6, 6.07) is 0. The van der Waals surface area contributed by atoms with Crippen molar-refractivity contribution in [3.8, 4) is 0 Å². The number of rotatable bonds is 8. The van der Waals surface area contributed by atoms with Gasteiger partial charge in [-0.15, -0.1) is 0 Å². The van der Waals surface area contributed by atoms with Crippen LogP contribution in [0.1, 0.15) is 40.0 Å². The predicted octanol–water partition coefficient (Wildman–Crippen LogP) is 2.97. The third-order valence-corrected chi connectivity index (χ3v) is 2.18. The van der Waals surface area contributed by atoms with Crippen molar-refractivity contribution in [2.45, 2.75) is 40.0 Å². The summed E-state index contributed by atoms with van der Waals surface area (Å²) in [5.41, 5.74) is 1.28. The van der Waals surface area contributed by atoms with Crippen LogP contribution < -0.4 is 0 Å². The first-order chi connectivity index (χ1) is 6.70. The molecule has 0 fully saturated rings. The molecular weight excluding hydrogens is 176 g/mol. The van der Waals surface area contributed by atoms with Crippen LogP contribution in [0.5, 0.6) is 0 Å². The molecule has 0 aliphatic carbocycles. The lowest BCUT2D eigenvalue weighted by Crippen LogP contribution is -1.96. The Kier molecular flexibility index (Phi) is 8.54. The van der Waals surface area contributed by atoms with E-state index in [4.69, 9.17) is 4.74 Å². The number of allylic oxidation sites excluding steroid dienone is 1. The van der Waals surface area contributed by atoms with Crippen molar-refractivity contribution in [3.63, 3.8) is 0 Å². The van der Waals surface area contributed by atoms with Crippen molar-refractivity contribution >= 4 is 6.29 Å². The third-order valence-electron chi connectivity index (χ3n) is 2.18. The maximum absolute atomic E-state index is 10.2. The van der Waals surface area contributed by atoms with Crippen LogP contribution >= 0.6 is 0 Å². The van der Waals surface area contributed by atoms with Gasteiger partial charge in [0.2, 0.25) is 0 Å². The molecule has 1 atom stereocenters. The molecule has 82 valence electrons. The first-order valence-electron chi connectivity index (χ1n) is 5.37. The van der Waals surface area contributed by atoms with Gasteiger partial charge in [0.15, 0.2) is 0 Å².